The first-order valence-corrected chi connectivity index (χ1v) is 10.6. The summed E-state index contributed by atoms with van der Waals surface area (Å²) >= 11 is 0. The van der Waals surface area contributed by atoms with Crippen molar-refractivity contribution in [3.05, 3.63) is 0 Å². The van der Waals surface area contributed by atoms with E-state index in [0.29, 0.717) is 38.9 Å². The van der Waals surface area contributed by atoms with E-state index >= 15 is 0 Å². The molecule has 0 aliphatic carbocycles. The molecule has 168 valence electrons. The lowest BCUT2D eigenvalue weighted by molar-refractivity contribution is -0.171. The van der Waals surface area contributed by atoms with Crippen LogP contribution in [0.15, 0.2) is 0 Å². The zero-order valence-corrected chi connectivity index (χ0v) is 17.7. The zero-order valence-electron chi connectivity index (χ0n) is 17.7. The molecule has 29 heavy (non-hydrogen) atoms. The zero-order chi connectivity index (χ0) is 21.9. The fourth-order valence-electron chi connectivity index (χ4n) is 2.60. The van der Waals surface area contributed by atoms with E-state index in [4.69, 9.17) is 15.2 Å². The van der Waals surface area contributed by atoms with Crippen LogP contribution in [-0.4, -0.2) is 56.1 Å². The average molecular weight is 416 g/mol. The molecule has 9 heteroatoms. The van der Waals surface area contributed by atoms with Crippen LogP contribution in [0.4, 0.5) is 0 Å². The smallest absolute Gasteiger partial charge is 0.306 e. The minimum absolute atomic E-state index is 0.0749. The molecule has 2 amide bonds. The molecule has 0 rings (SSSR count). The van der Waals surface area contributed by atoms with Gasteiger partial charge in [-0.1, -0.05) is 39.5 Å². The lowest BCUT2D eigenvalue weighted by Gasteiger charge is -2.24. The molecule has 0 fully saturated rings. The summed E-state index contributed by atoms with van der Waals surface area (Å²) in [5.74, 6) is -1.95. The first kappa shape index (κ1) is 26.8. The normalized spacial score (nSPS) is 12.5. The van der Waals surface area contributed by atoms with Gasteiger partial charge in [0.1, 0.15) is 0 Å². The van der Waals surface area contributed by atoms with Crippen LogP contribution in [0.1, 0.15) is 71.6 Å². The third kappa shape index (κ3) is 12.8. The minimum Gasteiger partial charge on any atom is -0.450 e. The van der Waals surface area contributed by atoms with E-state index in [1.807, 2.05) is 13.8 Å². The van der Waals surface area contributed by atoms with E-state index in [1.54, 1.807) is 0 Å². The molecule has 0 aliphatic heterocycles. The Labute approximate surface area is 173 Å². The van der Waals surface area contributed by atoms with Gasteiger partial charge in [0.15, 0.2) is 0 Å². The molecule has 2 unspecified atom stereocenters. The van der Waals surface area contributed by atoms with Crippen molar-refractivity contribution in [1.29, 1.82) is 0 Å². The van der Waals surface area contributed by atoms with Gasteiger partial charge in [-0.25, -0.2) is 0 Å². The Morgan fingerprint density at radius 2 is 1.38 bits per heavy atom. The van der Waals surface area contributed by atoms with Crippen molar-refractivity contribution < 1.29 is 28.7 Å². The molecule has 0 saturated carbocycles. The minimum atomic E-state index is -1.53. The molecule has 4 N–H and O–H groups in total. The van der Waals surface area contributed by atoms with E-state index < -0.39 is 30.0 Å². The van der Waals surface area contributed by atoms with Gasteiger partial charge < -0.3 is 25.8 Å². The number of amides is 2. The molecule has 0 aromatic carbocycles. The van der Waals surface area contributed by atoms with E-state index in [9.17, 15) is 19.2 Å². The number of rotatable bonds is 18. The topological polar surface area (TPSA) is 137 Å². The fraction of sp³-hybridized carbons (Fsp3) is 0.800. The second kappa shape index (κ2) is 17.9. The van der Waals surface area contributed by atoms with Gasteiger partial charge in [-0.15, -0.1) is 0 Å². The maximum absolute atomic E-state index is 12.4. The van der Waals surface area contributed by atoms with Crippen LogP contribution in [0.25, 0.3) is 0 Å². The summed E-state index contributed by atoms with van der Waals surface area (Å²) in [6, 6.07) is 0. The van der Waals surface area contributed by atoms with Gasteiger partial charge in [0.25, 0.3) is 18.3 Å². The summed E-state index contributed by atoms with van der Waals surface area (Å²) in [5, 5.41) is 5.14. The van der Waals surface area contributed by atoms with Gasteiger partial charge in [0, 0.05) is 19.5 Å². The van der Waals surface area contributed by atoms with Crippen molar-refractivity contribution in [1.82, 2.24) is 10.6 Å². The molecule has 0 aromatic heterocycles. The van der Waals surface area contributed by atoms with Crippen LogP contribution in [0.2, 0.25) is 0 Å². The van der Waals surface area contributed by atoms with Gasteiger partial charge in [0.2, 0.25) is 12.2 Å². The Morgan fingerprint density at radius 1 is 0.862 bits per heavy atom. The Bertz CT molecular complexity index is 487. The van der Waals surface area contributed by atoms with Crippen LogP contribution in [0, 0.1) is 0 Å². The number of unbranched alkanes of at least 4 members (excludes halogenated alkanes) is 5. The number of nitrogens with two attached hydrogens (primary N) is 1. The maximum atomic E-state index is 12.4. The first-order chi connectivity index (χ1) is 14.0. The van der Waals surface area contributed by atoms with Gasteiger partial charge in [-0.3, -0.25) is 19.2 Å². The Morgan fingerprint density at radius 3 is 1.90 bits per heavy atom. The predicted molar refractivity (Wildman–Crippen MR) is 109 cm³/mol. The molecular formula is C20H37N3O6. The molecule has 0 spiro atoms. The second-order valence-electron chi connectivity index (χ2n) is 6.81. The largest absolute Gasteiger partial charge is 0.450 e. The van der Waals surface area contributed by atoms with E-state index in [1.165, 1.54) is 0 Å². The molecule has 0 heterocycles. The van der Waals surface area contributed by atoms with Crippen molar-refractivity contribution in [2.45, 2.75) is 83.8 Å². The highest BCUT2D eigenvalue weighted by Crippen LogP contribution is 2.11. The molecule has 0 aromatic rings. The third-order valence-electron chi connectivity index (χ3n) is 4.19. The van der Waals surface area contributed by atoms with Gasteiger partial charge in [0.05, 0.1) is 0 Å². The summed E-state index contributed by atoms with van der Waals surface area (Å²) in [4.78, 5) is 47.8. The van der Waals surface area contributed by atoms with Gasteiger partial charge >= 0.3 is 5.97 Å². The van der Waals surface area contributed by atoms with Gasteiger partial charge in [-0.05, 0) is 32.2 Å². The summed E-state index contributed by atoms with van der Waals surface area (Å²) in [5.41, 5.74) is 5.45. The molecule has 0 radical (unpaired) electrons. The van der Waals surface area contributed by atoms with Crippen LogP contribution in [0.5, 0.6) is 0 Å². The van der Waals surface area contributed by atoms with Crippen molar-refractivity contribution in [2.24, 2.45) is 5.73 Å². The van der Waals surface area contributed by atoms with E-state index in [2.05, 4.69) is 10.6 Å². The standard InChI is InChI=1S/C20H37N3O6/c1-3-13-22-19(26)17(28-15-24)18(20(27)23-14-4-2)29-16(25)11-9-7-5-6-8-10-12-21/h15,17-18H,3-14,21H2,1-2H3,(H,22,26)(H,23,27). The average Bonchev–Trinajstić information content (AvgIpc) is 2.72. The number of nitrogens with one attached hydrogen (secondary N) is 2. The summed E-state index contributed by atoms with van der Waals surface area (Å²) in [6.07, 6.45) is 3.98. The molecule has 2 atom stereocenters. The van der Waals surface area contributed by atoms with Gasteiger partial charge in [-0.2, -0.15) is 0 Å². The molecule has 0 bridgehead atoms. The van der Waals surface area contributed by atoms with E-state index in [0.717, 1.165) is 32.1 Å². The number of hydrogen-bond donors (Lipinski definition) is 3. The number of ether oxygens (including phenoxy) is 2. The van der Waals surface area contributed by atoms with Crippen LogP contribution in [-0.2, 0) is 28.7 Å². The third-order valence-corrected chi connectivity index (χ3v) is 4.19. The lowest BCUT2D eigenvalue weighted by Crippen LogP contribution is -2.53. The summed E-state index contributed by atoms with van der Waals surface area (Å²) in [7, 11) is 0. The fourth-order valence-corrected chi connectivity index (χ4v) is 2.60. The lowest BCUT2D eigenvalue weighted by atomic mass is 10.1. The Balaban J connectivity index is 4.83. The van der Waals surface area contributed by atoms with Crippen LogP contribution < -0.4 is 16.4 Å². The molecular weight excluding hydrogens is 378 g/mol. The quantitative estimate of drug-likeness (QED) is 0.174. The Hall–Kier alpha value is -2.16. The van der Waals surface area contributed by atoms with Crippen LogP contribution in [0.3, 0.4) is 0 Å². The second-order valence-corrected chi connectivity index (χ2v) is 6.81. The molecule has 9 nitrogen and oxygen atoms in total. The summed E-state index contributed by atoms with van der Waals surface area (Å²) < 4.78 is 10.1. The van der Waals surface area contributed by atoms with Crippen molar-refractivity contribution in [3.63, 3.8) is 0 Å². The highest BCUT2D eigenvalue weighted by Gasteiger charge is 2.38. The maximum Gasteiger partial charge on any atom is 0.306 e. The van der Waals surface area contributed by atoms with E-state index in [-0.39, 0.29) is 12.9 Å². The number of carbonyl (C=O) groups is 4. The molecule has 0 aliphatic rings. The van der Waals surface area contributed by atoms with Crippen LogP contribution >= 0.6 is 0 Å². The Kier molecular flexibility index (Phi) is 16.6. The van der Waals surface area contributed by atoms with Crippen molar-refractivity contribution in [3.8, 4) is 0 Å². The number of carbonyl (C=O) groups excluding carboxylic acids is 4. The number of hydrogen-bond acceptors (Lipinski definition) is 7. The summed E-state index contributed by atoms with van der Waals surface area (Å²) in [6.45, 7) is 5.17. The van der Waals surface area contributed by atoms with Crippen molar-refractivity contribution in [2.75, 3.05) is 19.6 Å². The monoisotopic (exact) mass is 415 g/mol. The highest BCUT2D eigenvalue weighted by atomic mass is 16.6. The number of esters is 1. The predicted octanol–water partition coefficient (Wildman–Crippen LogP) is 1.18. The molecule has 0 saturated heterocycles. The SMILES string of the molecule is CCCNC(=O)C(OC=O)C(OC(=O)CCCCCCCCN)C(=O)NCCC. The highest BCUT2D eigenvalue weighted by molar-refractivity contribution is 5.93. The van der Waals surface area contributed by atoms with Crippen molar-refractivity contribution >= 4 is 24.3 Å². The first-order valence-electron chi connectivity index (χ1n) is 10.6.